The molecule has 224 valence electrons. The minimum absolute atomic E-state index is 0.0138. The summed E-state index contributed by atoms with van der Waals surface area (Å²) in [7, 11) is 0. The number of esters is 1. The molecule has 0 unspecified atom stereocenters. The van der Waals surface area contributed by atoms with Crippen molar-refractivity contribution in [3.8, 4) is 5.75 Å². The van der Waals surface area contributed by atoms with Crippen LogP contribution >= 0.6 is 0 Å². The SMILES string of the molecule is CCCCCC(=O)Oc1c2n(cc(C(=O)NCc3ccc(F)cc3F)c1=O)[C@@H]1CN(C2=O)[C@@H](C)CC[C@]12CC(C)=NO2. The van der Waals surface area contributed by atoms with E-state index in [0.29, 0.717) is 31.7 Å². The van der Waals surface area contributed by atoms with Gasteiger partial charge in [-0.2, -0.15) is 0 Å². The monoisotopic (exact) mass is 584 g/mol. The van der Waals surface area contributed by atoms with Gasteiger partial charge in [0.2, 0.25) is 11.2 Å². The fourth-order valence-corrected chi connectivity index (χ4v) is 5.99. The van der Waals surface area contributed by atoms with Crippen molar-refractivity contribution in [1.82, 2.24) is 14.8 Å². The number of hydrogen-bond acceptors (Lipinski definition) is 7. The Balaban J connectivity index is 1.59. The molecule has 0 aliphatic carbocycles. The second-order valence-corrected chi connectivity index (χ2v) is 11.3. The summed E-state index contributed by atoms with van der Waals surface area (Å²) in [6.07, 6.45) is 5.17. The summed E-state index contributed by atoms with van der Waals surface area (Å²) in [6.45, 7) is 5.65. The average Bonchev–Trinajstić information content (AvgIpc) is 3.28. The van der Waals surface area contributed by atoms with Crippen LogP contribution in [0.5, 0.6) is 5.75 Å². The van der Waals surface area contributed by atoms with Crippen molar-refractivity contribution in [2.24, 2.45) is 5.16 Å². The van der Waals surface area contributed by atoms with Crippen LogP contribution in [0.2, 0.25) is 0 Å². The van der Waals surface area contributed by atoms with E-state index in [4.69, 9.17) is 9.57 Å². The average molecular weight is 585 g/mol. The lowest BCUT2D eigenvalue weighted by Gasteiger charge is -2.42. The number of carbonyl (C=O) groups excluding carboxylic acids is 3. The maximum absolute atomic E-state index is 14.2. The summed E-state index contributed by atoms with van der Waals surface area (Å²) < 4.78 is 34.7. The third kappa shape index (κ3) is 5.41. The minimum atomic E-state index is -0.933. The maximum Gasteiger partial charge on any atom is 0.311 e. The van der Waals surface area contributed by atoms with Crippen LogP contribution in [0.25, 0.3) is 0 Å². The number of unbranched alkanes of at least 4 members (excludes halogenated alkanes) is 2. The molecular formula is C30H34F2N4O6. The zero-order valence-corrected chi connectivity index (χ0v) is 23.9. The van der Waals surface area contributed by atoms with E-state index in [2.05, 4.69) is 10.5 Å². The predicted octanol–water partition coefficient (Wildman–Crippen LogP) is 4.26. The molecule has 5 rings (SSSR count). The summed E-state index contributed by atoms with van der Waals surface area (Å²) in [5.41, 5.74) is -1.50. The van der Waals surface area contributed by atoms with Gasteiger partial charge in [-0.1, -0.05) is 31.0 Å². The molecule has 2 bridgehead atoms. The van der Waals surface area contributed by atoms with Gasteiger partial charge in [0.05, 0.1) is 11.8 Å². The molecule has 42 heavy (non-hydrogen) atoms. The number of rotatable bonds is 8. The third-order valence-corrected chi connectivity index (χ3v) is 8.32. The van der Waals surface area contributed by atoms with Gasteiger partial charge in [0.25, 0.3) is 11.8 Å². The fourth-order valence-electron chi connectivity index (χ4n) is 5.99. The van der Waals surface area contributed by atoms with E-state index in [9.17, 15) is 28.0 Å². The van der Waals surface area contributed by atoms with Crippen LogP contribution in [0.15, 0.2) is 34.3 Å². The van der Waals surface area contributed by atoms with Gasteiger partial charge in [0.1, 0.15) is 17.2 Å². The highest BCUT2D eigenvalue weighted by atomic mass is 19.1. The van der Waals surface area contributed by atoms with Crippen molar-refractivity contribution in [3.63, 3.8) is 0 Å². The molecule has 1 aromatic heterocycles. The fraction of sp³-hybridized carbons (Fsp3) is 0.500. The van der Waals surface area contributed by atoms with Gasteiger partial charge < -0.3 is 24.4 Å². The molecule has 10 nitrogen and oxygen atoms in total. The number of aromatic nitrogens is 1. The predicted molar refractivity (Wildman–Crippen MR) is 148 cm³/mol. The van der Waals surface area contributed by atoms with Crippen LogP contribution in [-0.4, -0.2) is 51.2 Å². The molecule has 1 spiro atoms. The molecule has 0 radical (unpaired) electrons. The Morgan fingerprint density at radius 1 is 1.24 bits per heavy atom. The van der Waals surface area contributed by atoms with Gasteiger partial charge in [-0.15, -0.1) is 0 Å². The minimum Gasteiger partial charge on any atom is -0.420 e. The van der Waals surface area contributed by atoms with Gasteiger partial charge >= 0.3 is 5.97 Å². The number of pyridine rings is 1. The van der Waals surface area contributed by atoms with Crippen LogP contribution < -0.4 is 15.5 Å². The molecule has 3 atom stereocenters. The molecule has 1 saturated heterocycles. The highest BCUT2D eigenvalue weighted by molar-refractivity contribution is 6.00. The number of ether oxygens (including phenoxy) is 1. The second kappa shape index (κ2) is 11.7. The zero-order valence-electron chi connectivity index (χ0n) is 23.9. The lowest BCUT2D eigenvalue weighted by atomic mass is 9.84. The van der Waals surface area contributed by atoms with E-state index >= 15 is 0 Å². The largest absolute Gasteiger partial charge is 0.420 e. The lowest BCUT2D eigenvalue weighted by molar-refractivity contribution is -0.134. The standard InChI is InChI=1S/C30H34F2N4O6/c1-4-5-6-7-24(37)41-27-25-29(40)35-16-23(30(11-10-18(35)3)13-17(2)34-42-30)36(25)15-21(26(27)38)28(39)33-14-19-8-9-20(31)12-22(19)32/h8-9,12,15,18,23H,4-7,10-11,13-14,16H2,1-3H3,(H,33,39)/t18-,23+,30-/m0/s1. The molecule has 0 saturated carbocycles. The molecule has 3 aliphatic heterocycles. The Morgan fingerprint density at radius 3 is 2.71 bits per heavy atom. The van der Waals surface area contributed by atoms with Gasteiger partial charge in [-0.25, -0.2) is 8.78 Å². The number of nitrogens with one attached hydrogen (secondary N) is 1. The van der Waals surface area contributed by atoms with E-state index in [1.165, 1.54) is 16.8 Å². The first-order chi connectivity index (χ1) is 20.0. The number of carbonyl (C=O) groups is 3. The Morgan fingerprint density at radius 2 is 2.02 bits per heavy atom. The Kier molecular flexibility index (Phi) is 8.16. The molecule has 4 heterocycles. The molecule has 12 heteroatoms. The topological polar surface area (TPSA) is 119 Å². The van der Waals surface area contributed by atoms with Crippen LogP contribution in [-0.2, 0) is 16.2 Å². The Labute approximate surface area is 241 Å². The normalized spacial score (nSPS) is 22.7. The highest BCUT2D eigenvalue weighted by Gasteiger charge is 2.54. The first kappa shape index (κ1) is 29.4. The molecule has 1 N–H and O–H groups in total. The zero-order chi connectivity index (χ0) is 30.2. The molecule has 2 amide bonds. The van der Waals surface area contributed by atoms with E-state index in [0.717, 1.165) is 24.6 Å². The first-order valence-corrected chi connectivity index (χ1v) is 14.3. The number of fused-ring (bicyclic) bond motifs is 5. The van der Waals surface area contributed by atoms with Crippen molar-refractivity contribution in [2.45, 2.75) is 89.9 Å². The number of benzene rings is 1. The molecule has 3 aliphatic rings. The highest BCUT2D eigenvalue weighted by Crippen LogP contribution is 2.46. The van der Waals surface area contributed by atoms with Crippen LogP contribution in [0.4, 0.5) is 8.78 Å². The lowest BCUT2D eigenvalue weighted by Crippen LogP contribution is -2.52. The summed E-state index contributed by atoms with van der Waals surface area (Å²) in [4.78, 5) is 61.5. The van der Waals surface area contributed by atoms with Gasteiger partial charge in [0.15, 0.2) is 11.3 Å². The van der Waals surface area contributed by atoms with Gasteiger partial charge in [-0.05, 0) is 39.2 Å². The van der Waals surface area contributed by atoms with Crippen LogP contribution in [0.3, 0.4) is 0 Å². The van der Waals surface area contributed by atoms with Gasteiger partial charge in [-0.3, -0.25) is 19.2 Å². The smallest absolute Gasteiger partial charge is 0.311 e. The number of oxime groups is 1. The number of halogens is 2. The quantitative estimate of drug-likeness (QED) is 0.366. The molecule has 1 fully saturated rings. The van der Waals surface area contributed by atoms with Crippen LogP contribution in [0, 0.1) is 11.6 Å². The third-order valence-electron chi connectivity index (χ3n) is 8.32. The van der Waals surface area contributed by atoms with Crippen molar-refractivity contribution in [1.29, 1.82) is 0 Å². The number of nitrogens with zero attached hydrogens (tertiary/aromatic N) is 3. The summed E-state index contributed by atoms with van der Waals surface area (Å²) in [6, 6.07) is 2.22. The molecular weight excluding hydrogens is 550 g/mol. The Bertz CT molecular complexity index is 1520. The number of amides is 2. The molecule has 1 aromatic carbocycles. The van der Waals surface area contributed by atoms with E-state index < -0.39 is 52.2 Å². The van der Waals surface area contributed by atoms with Gasteiger partial charge in [0, 0.05) is 49.8 Å². The maximum atomic E-state index is 14.2. The van der Waals surface area contributed by atoms with Crippen molar-refractivity contribution < 1.29 is 32.7 Å². The Hall–Kier alpha value is -4.09. The first-order valence-electron chi connectivity index (χ1n) is 14.3. The van der Waals surface area contributed by atoms with Crippen molar-refractivity contribution in [2.75, 3.05) is 6.54 Å². The van der Waals surface area contributed by atoms with E-state index in [-0.39, 0.29) is 42.4 Å². The summed E-state index contributed by atoms with van der Waals surface area (Å²) in [5, 5.41) is 6.69. The van der Waals surface area contributed by atoms with E-state index in [1.54, 1.807) is 4.90 Å². The summed E-state index contributed by atoms with van der Waals surface area (Å²) >= 11 is 0. The van der Waals surface area contributed by atoms with Crippen molar-refractivity contribution in [3.05, 3.63) is 63.1 Å². The van der Waals surface area contributed by atoms with Crippen LogP contribution in [0.1, 0.15) is 98.2 Å². The number of hydrogen-bond donors (Lipinski definition) is 1. The second-order valence-electron chi connectivity index (χ2n) is 11.3. The van der Waals surface area contributed by atoms with E-state index in [1.807, 2.05) is 20.8 Å². The van der Waals surface area contributed by atoms with Crippen molar-refractivity contribution >= 4 is 23.5 Å². The molecule has 2 aromatic rings. The summed E-state index contributed by atoms with van der Waals surface area (Å²) in [5.74, 6) is -4.18.